The Morgan fingerprint density at radius 2 is 2.11 bits per heavy atom. The van der Waals surface area contributed by atoms with Gasteiger partial charge in [-0.1, -0.05) is 25.1 Å². The van der Waals surface area contributed by atoms with Crippen molar-refractivity contribution in [1.82, 2.24) is 4.90 Å². The average Bonchev–Trinajstić information content (AvgIpc) is 2.83. The van der Waals surface area contributed by atoms with Crippen LogP contribution in [0.25, 0.3) is 0 Å². The molecular weight excluding hydrogens is 236 g/mol. The average molecular weight is 262 g/mol. The fourth-order valence-electron chi connectivity index (χ4n) is 3.17. The van der Waals surface area contributed by atoms with Crippen molar-refractivity contribution in [3.63, 3.8) is 0 Å². The number of likely N-dealkylation sites (tertiary alicyclic amines) is 1. The van der Waals surface area contributed by atoms with Gasteiger partial charge in [-0.05, 0) is 51.4 Å². The fraction of sp³-hybridized carbons (Fsp3) is 0.625. The molecule has 0 aromatic heterocycles. The van der Waals surface area contributed by atoms with Crippen LogP contribution in [0.3, 0.4) is 0 Å². The van der Waals surface area contributed by atoms with Gasteiger partial charge in [0.2, 0.25) is 0 Å². The number of para-hydroxylation sites is 1. The van der Waals surface area contributed by atoms with Crippen molar-refractivity contribution in [3.05, 3.63) is 29.8 Å². The van der Waals surface area contributed by atoms with Crippen molar-refractivity contribution in [2.75, 3.05) is 26.2 Å². The molecule has 2 atom stereocenters. The Kier molecular flexibility index (Phi) is 5.23. The summed E-state index contributed by atoms with van der Waals surface area (Å²) in [5.74, 6) is 1.57. The molecule has 1 saturated heterocycles. The van der Waals surface area contributed by atoms with Gasteiger partial charge in [-0.3, -0.25) is 4.90 Å². The molecule has 1 aliphatic heterocycles. The van der Waals surface area contributed by atoms with E-state index in [9.17, 15) is 0 Å². The van der Waals surface area contributed by atoms with Crippen LogP contribution in [0.1, 0.15) is 38.3 Å². The highest BCUT2D eigenvalue weighted by atomic mass is 16.5. The molecule has 0 amide bonds. The van der Waals surface area contributed by atoms with E-state index in [1.165, 1.54) is 18.4 Å². The summed E-state index contributed by atoms with van der Waals surface area (Å²) in [4.78, 5) is 2.56. The van der Waals surface area contributed by atoms with Crippen LogP contribution in [0.2, 0.25) is 0 Å². The predicted molar refractivity (Wildman–Crippen MR) is 79.4 cm³/mol. The number of nitrogens with two attached hydrogens (primary N) is 1. The lowest BCUT2D eigenvalue weighted by Gasteiger charge is -2.29. The Hall–Kier alpha value is -1.06. The zero-order chi connectivity index (χ0) is 13.7. The van der Waals surface area contributed by atoms with Gasteiger partial charge in [0.1, 0.15) is 5.75 Å². The summed E-state index contributed by atoms with van der Waals surface area (Å²) < 4.78 is 5.80. The second-order valence-electron chi connectivity index (χ2n) is 5.24. The van der Waals surface area contributed by atoms with Gasteiger partial charge in [-0.2, -0.15) is 0 Å². The molecule has 0 bridgehead atoms. The van der Waals surface area contributed by atoms with Crippen molar-refractivity contribution >= 4 is 0 Å². The van der Waals surface area contributed by atoms with E-state index in [4.69, 9.17) is 10.5 Å². The van der Waals surface area contributed by atoms with Gasteiger partial charge in [0.15, 0.2) is 0 Å². The SMILES string of the molecule is CCCN1CCC(CN)C1c1ccccc1OCC. The Morgan fingerprint density at radius 1 is 1.32 bits per heavy atom. The van der Waals surface area contributed by atoms with Gasteiger partial charge in [0.05, 0.1) is 6.61 Å². The third kappa shape index (κ3) is 3.10. The summed E-state index contributed by atoms with van der Waals surface area (Å²) >= 11 is 0. The number of hydrogen-bond acceptors (Lipinski definition) is 3. The van der Waals surface area contributed by atoms with E-state index < -0.39 is 0 Å². The number of rotatable bonds is 6. The first-order chi connectivity index (χ1) is 9.31. The highest BCUT2D eigenvalue weighted by Gasteiger charge is 2.35. The minimum Gasteiger partial charge on any atom is -0.494 e. The minimum absolute atomic E-state index is 0.424. The Morgan fingerprint density at radius 3 is 2.79 bits per heavy atom. The Balaban J connectivity index is 2.29. The van der Waals surface area contributed by atoms with Crippen molar-refractivity contribution in [2.24, 2.45) is 11.7 Å². The molecule has 0 aliphatic carbocycles. The largest absolute Gasteiger partial charge is 0.494 e. The Labute approximate surface area is 116 Å². The highest BCUT2D eigenvalue weighted by molar-refractivity contribution is 5.37. The summed E-state index contributed by atoms with van der Waals surface area (Å²) in [6, 6.07) is 8.85. The van der Waals surface area contributed by atoms with Crippen LogP contribution in [0.15, 0.2) is 24.3 Å². The van der Waals surface area contributed by atoms with Crippen molar-refractivity contribution in [1.29, 1.82) is 0 Å². The number of hydrogen-bond donors (Lipinski definition) is 1. The van der Waals surface area contributed by atoms with Gasteiger partial charge in [-0.25, -0.2) is 0 Å². The lowest BCUT2D eigenvalue weighted by Crippen LogP contribution is -2.29. The molecule has 19 heavy (non-hydrogen) atoms. The van der Waals surface area contributed by atoms with E-state index in [0.717, 1.165) is 25.4 Å². The summed E-state index contributed by atoms with van der Waals surface area (Å²) in [6.45, 7) is 8.04. The molecule has 3 nitrogen and oxygen atoms in total. The van der Waals surface area contributed by atoms with Gasteiger partial charge >= 0.3 is 0 Å². The molecule has 2 rings (SSSR count). The summed E-state index contributed by atoms with van der Waals surface area (Å²) in [6.07, 6.45) is 2.38. The van der Waals surface area contributed by atoms with Crippen molar-refractivity contribution in [2.45, 2.75) is 32.7 Å². The zero-order valence-electron chi connectivity index (χ0n) is 12.1. The quantitative estimate of drug-likeness (QED) is 0.856. The van der Waals surface area contributed by atoms with Gasteiger partial charge in [0, 0.05) is 11.6 Å². The van der Waals surface area contributed by atoms with Gasteiger partial charge < -0.3 is 10.5 Å². The minimum atomic E-state index is 0.424. The van der Waals surface area contributed by atoms with E-state index in [0.29, 0.717) is 18.6 Å². The molecule has 0 radical (unpaired) electrons. The summed E-state index contributed by atoms with van der Waals surface area (Å²) in [7, 11) is 0. The molecule has 0 spiro atoms. The molecule has 2 unspecified atom stereocenters. The maximum absolute atomic E-state index is 5.98. The zero-order valence-corrected chi connectivity index (χ0v) is 12.1. The number of nitrogens with zero attached hydrogens (tertiary/aromatic N) is 1. The maximum Gasteiger partial charge on any atom is 0.124 e. The first-order valence-electron chi connectivity index (χ1n) is 7.47. The highest BCUT2D eigenvalue weighted by Crippen LogP contribution is 2.40. The van der Waals surface area contributed by atoms with Crippen LogP contribution in [0, 0.1) is 5.92 Å². The van der Waals surface area contributed by atoms with Crippen LogP contribution < -0.4 is 10.5 Å². The lowest BCUT2D eigenvalue weighted by atomic mass is 9.93. The second-order valence-corrected chi connectivity index (χ2v) is 5.24. The smallest absolute Gasteiger partial charge is 0.124 e. The monoisotopic (exact) mass is 262 g/mol. The maximum atomic E-state index is 5.98. The van der Waals surface area contributed by atoms with Crippen LogP contribution in [-0.4, -0.2) is 31.1 Å². The van der Waals surface area contributed by atoms with E-state index in [1.54, 1.807) is 0 Å². The number of benzene rings is 1. The van der Waals surface area contributed by atoms with E-state index in [-0.39, 0.29) is 0 Å². The van der Waals surface area contributed by atoms with Crippen molar-refractivity contribution in [3.8, 4) is 5.75 Å². The molecule has 1 aromatic carbocycles. The molecule has 3 heteroatoms. The first-order valence-corrected chi connectivity index (χ1v) is 7.47. The molecule has 2 N–H and O–H groups in total. The third-order valence-corrected chi connectivity index (χ3v) is 3.98. The van der Waals surface area contributed by atoms with E-state index >= 15 is 0 Å². The molecule has 106 valence electrons. The molecule has 1 fully saturated rings. The second kappa shape index (κ2) is 6.92. The normalized spacial score (nSPS) is 23.7. The van der Waals surface area contributed by atoms with Crippen LogP contribution in [0.5, 0.6) is 5.75 Å². The fourth-order valence-corrected chi connectivity index (χ4v) is 3.17. The van der Waals surface area contributed by atoms with E-state index in [2.05, 4.69) is 30.0 Å². The molecule has 1 heterocycles. The standard InChI is InChI=1S/C16H26N2O/c1-3-10-18-11-9-13(12-17)16(18)14-7-5-6-8-15(14)19-4-2/h5-8,13,16H,3-4,9-12,17H2,1-2H3. The van der Waals surface area contributed by atoms with Gasteiger partial charge in [0.25, 0.3) is 0 Å². The molecule has 1 aliphatic rings. The lowest BCUT2D eigenvalue weighted by molar-refractivity contribution is 0.222. The van der Waals surface area contributed by atoms with Crippen LogP contribution >= 0.6 is 0 Å². The summed E-state index contributed by atoms with van der Waals surface area (Å²) in [5, 5.41) is 0. The topological polar surface area (TPSA) is 38.5 Å². The van der Waals surface area contributed by atoms with Gasteiger partial charge in [-0.15, -0.1) is 0 Å². The van der Waals surface area contributed by atoms with Crippen LogP contribution in [0.4, 0.5) is 0 Å². The summed E-state index contributed by atoms with van der Waals surface area (Å²) in [5.41, 5.74) is 7.29. The molecule has 1 aromatic rings. The predicted octanol–water partition coefficient (Wildman–Crippen LogP) is 2.82. The Bertz CT molecular complexity index is 394. The van der Waals surface area contributed by atoms with Crippen LogP contribution in [-0.2, 0) is 0 Å². The molecular formula is C16H26N2O. The van der Waals surface area contributed by atoms with Crippen molar-refractivity contribution < 1.29 is 4.74 Å². The molecule has 0 saturated carbocycles. The third-order valence-electron chi connectivity index (χ3n) is 3.98. The van der Waals surface area contributed by atoms with E-state index in [1.807, 2.05) is 13.0 Å². The first kappa shape index (κ1) is 14.4. The number of ether oxygens (including phenoxy) is 1.